The highest BCUT2D eigenvalue weighted by Gasteiger charge is 2.60. The summed E-state index contributed by atoms with van der Waals surface area (Å²) in [4.78, 5) is 25.9. The van der Waals surface area contributed by atoms with Gasteiger partial charge in [0.05, 0.1) is 0 Å². The summed E-state index contributed by atoms with van der Waals surface area (Å²) in [5.41, 5.74) is 0.747. The Morgan fingerprint density at radius 3 is 1.92 bits per heavy atom. The molecule has 0 aliphatic carbocycles. The van der Waals surface area contributed by atoms with Gasteiger partial charge in [0.25, 0.3) is 0 Å². The highest BCUT2D eigenvalue weighted by molar-refractivity contribution is 6.12. The maximum atomic E-state index is 14.6. The van der Waals surface area contributed by atoms with Crippen LogP contribution in [0.2, 0.25) is 0 Å². The number of amidine groups is 1. The fourth-order valence-corrected chi connectivity index (χ4v) is 5.03. The van der Waals surface area contributed by atoms with Crippen molar-refractivity contribution in [3.63, 3.8) is 0 Å². The van der Waals surface area contributed by atoms with Gasteiger partial charge in [0.1, 0.15) is 16.9 Å². The number of carbonyl (C=O) groups is 1. The largest absolute Gasteiger partial charge is 0.326 e. The van der Waals surface area contributed by atoms with Crippen molar-refractivity contribution in [2.24, 2.45) is 4.99 Å². The van der Waals surface area contributed by atoms with Crippen LogP contribution in [-0.4, -0.2) is 70.9 Å². The lowest BCUT2D eigenvalue weighted by molar-refractivity contribution is 0.114. The SMILES string of the molecule is C=C/C=C\C=C(/C=C)C1=N[C@@](C)(C(/C=C\C=C)=C/C=C)[C@@](C)(C(/C=C\C=C)=C/C)N1C(=O)N1CCN(C)CC1. The van der Waals surface area contributed by atoms with Crippen molar-refractivity contribution in [3.8, 4) is 0 Å². The third-order valence-electron chi connectivity index (χ3n) is 7.46. The zero-order chi connectivity index (χ0) is 29.1. The summed E-state index contributed by atoms with van der Waals surface area (Å²) in [5.74, 6) is 0.556. The van der Waals surface area contributed by atoms with E-state index < -0.39 is 11.1 Å². The predicted molar refractivity (Wildman–Crippen MR) is 169 cm³/mol. The number of aliphatic imine (C=N–C) groups is 1. The maximum absolute atomic E-state index is 14.6. The first-order valence-electron chi connectivity index (χ1n) is 13.3. The van der Waals surface area contributed by atoms with Crippen LogP contribution in [0.3, 0.4) is 0 Å². The molecule has 39 heavy (non-hydrogen) atoms. The third-order valence-corrected chi connectivity index (χ3v) is 7.46. The number of piperazine rings is 1. The molecule has 1 fully saturated rings. The summed E-state index contributed by atoms with van der Waals surface area (Å²) >= 11 is 0. The summed E-state index contributed by atoms with van der Waals surface area (Å²) in [6, 6.07) is -0.0921. The number of allylic oxidation sites excluding steroid dienone is 11. The van der Waals surface area contributed by atoms with E-state index >= 15 is 0 Å². The second kappa shape index (κ2) is 14.3. The minimum atomic E-state index is -0.915. The average Bonchev–Trinajstić information content (AvgIpc) is 3.17. The van der Waals surface area contributed by atoms with Gasteiger partial charge in [0.15, 0.2) is 0 Å². The van der Waals surface area contributed by atoms with Crippen LogP contribution in [0.15, 0.2) is 140 Å². The number of nitrogens with zero attached hydrogens (tertiary/aromatic N) is 4. The van der Waals surface area contributed by atoms with Gasteiger partial charge in [-0.1, -0.05) is 118 Å². The first-order valence-corrected chi connectivity index (χ1v) is 13.3. The summed E-state index contributed by atoms with van der Waals surface area (Å²) in [6.45, 7) is 28.6. The number of carbonyl (C=O) groups excluding carboxylic acids is 1. The molecule has 2 rings (SSSR count). The molecule has 0 spiro atoms. The lowest BCUT2D eigenvalue weighted by Crippen LogP contribution is -2.64. The fraction of sp³-hybridized carbons (Fsp3) is 0.294. The highest BCUT2D eigenvalue weighted by atomic mass is 16.2. The first kappa shape index (κ1) is 31.3. The Hall–Kier alpha value is -3.96. The molecule has 2 heterocycles. The van der Waals surface area contributed by atoms with Gasteiger partial charge >= 0.3 is 6.03 Å². The molecule has 2 atom stereocenters. The van der Waals surface area contributed by atoms with Crippen LogP contribution < -0.4 is 0 Å². The molecular weight excluding hydrogens is 480 g/mol. The van der Waals surface area contributed by atoms with Gasteiger partial charge in [0.2, 0.25) is 0 Å². The van der Waals surface area contributed by atoms with Gasteiger partial charge < -0.3 is 9.80 Å². The van der Waals surface area contributed by atoms with Crippen LogP contribution >= 0.6 is 0 Å². The molecule has 0 saturated carbocycles. The highest BCUT2D eigenvalue weighted by Crippen LogP contribution is 2.50. The third kappa shape index (κ3) is 6.37. The lowest BCUT2D eigenvalue weighted by Gasteiger charge is -2.48. The molecule has 5 nitrogen and oxygen atoms in total. The van der Waals surface area contributed by atoms with Gasteiger partial charge in [-0.15, -0.1) is 0 Å². The molecule has 0 aromatic carbocycles. The van der Waals surface area contributed by atoms with E-state index in [-0.39, 0.29) is 6.03 Å². The Morgan fingerprint density at radius 2 is 1.41 bits per heavy atom. The van der Waals surface area contributed by atoms with Crippen LogP contribution in [0.1, 0.15) is 20.8 Å². The predicted octanol–water partition coefficient (Wildman–Crippen LogP) is 6.98. The average molecular weight is 525 g/mol. The smallest absolute Gasteiger partial charge is 0.322 e. The van der Waals surface area contributed by atoms with Gasteiger partial charge in [-0.3, -0.25) is 9.89 Å². The van der Waals surface area contributed by atoms with Crippen molar-refractivity contribution in [3.05, 3.63) is 135 Å². The van der Waals surface area contributed by atoms with E-state index in [4.69, 9.17) is 4.99 Å². The number of hydrogen-bond acceptors (Lipinski definition) is 3. The molecule has 0 aromatic heterocycles. The van der Waals surface area contributed by atoms with Gasteiger partial charge in [-0.25, -0.2) is 4.79 Å². The monoisotopic (exact) mass is 524 g/mol. The molecule has 5 heteroatoms. The number of amides is 2. The van der Waals surface area contributed by atoms with Gasteiger partial charge in [-0.05, 0) is 39.0 Å². The Balaban J connectivity index is 3.00. The zero-order valence-electron chi connectivity index (χ0n) is 24.1. The maximum Gasteiger partial charge on any atom is 0.326 e. The van der Waals surface area contributed by atoms with E-state index in [9.17, 15) is 4.79 Å². The lowest BCUT2D eigenvalue weighted by atomic mass is 9.69. The Kier molecular flexibility index (Phi) is 11.4. The minimum Gasteiger partial charge on any atom is -0.322 e. The second-order valence-electron chi connectivity index (χ2n) is 9.73. The second-order valence-corrected chi connectivity index (χ2v) is 9.73. The number of likely N-dealkylation sites (N-methyl/N-ethyl adjacent to an activating group) is 1. The molecule has 2 aliphatic rings. The molecule has 0 unspecified atom stereocenters. The number of hydrogen-bond donors (Lipinski definition) is 0. The van der Waals surface area contributed by atoms with E-state index in [0.29, 0.717) is 18.9 Å². The van der Waals surface area contributed by atoms with Crippen molar-refractivity contribution in [2.45, 2.75) is 31.8 Å². The standard InChI is InChI=1S/C34H44N4O/c1-10-16-19-21-28(14-5)31-35-33(7,30(20-13-4)23-18-12-3)34(8,29(15-6)22-17-11-2)38(31)32(39)37-26-24-36(9)25-27-37/h10-23H,1-5,24-27H2,6-9H3/b19-16-,22-17-,23-18-,28-21+,29-15+,30-20+/t33-,34+/m0/s1. The molecule has 0 radical (unpaired) electrons. The van der Waals surface area contributed by atoms with Crippen LogP contribution in [-0.2, 0) is 0 Å². The van der Waals surface area contributed by atoms with Crippen LogP contribution in [0.4, 0.5) is 4.79 Å². The summed E-state index contributed by atoms with van der Waals surface area (Å²) < 4.78 is 0. The van der Waals surface area contributed by atoms with E-state index in [0.717, 1.165) is 29.8 Å². The zero-order valence-corrected chi connectivity index (χ0v) is 24.1. The Bertz CT molecular complexity index is 1180. The van der Waals surface area contributed by atoms with Crippen molar-refractivity contribution in [2.75, 3.05) is 33.2 Å². The van der Waals surface area contributed by atoms with Gasteiger partial charge in [-0.2, -0.15) is 0 Å². The van der Waals surface area contributed by atoms with E-state index in [1.54, 1.807) is 30.4 Å². The topological polar surface area (TPSA) is 39.2 Å². The van der Waals surface area contributed by atoms with E-state index in [1.165, 1.54) is 0 Å². The summed E-state index contributed by atoms with van der Waals surface area (Å²) in [5, 5.41) is 0. The molecule has 0 aromatic rings. The molecule has 206 valence electrons. The van der Waals surface area contributed by atoms with Crippen molar-refractivity contribution < 1.29 is 4.79 Å². The van der Waals surface area contributed by atoms with Crippen molar-refractivity contribution in [1.29, 1.82) is 0 Å². The summed E-state index contributed by atoms with van der Waals surface area (Å²) in [7, 11) is 2.08. The molecule has 0 N–H and O–H groups in total. The van der Waals surface area contributed by atoms with E-state index in [2.05, 4.69) is 58.7 Å². The number of rotatable bonds is 11. The molecule has 2 amide bonds. The number of urea groups is 1. The van der Waals surface area contributed by atoms with E-state index in [1.807, 2.05) is 71.4 Å². The fourth-order valence-electron chi connectivity index (χ4n) is 5.03. The Morgan fingerprint density at radius 1 is 0.821 bits per heavy atom. The quantitative estimate of drug-likeness (QED) is 0.274. The molecule has 0 bridgehead atoms. The molecule has 1 saturated heterocycles. The normalized spacial score (nSPS) is 25.4. The van der Waals surface area contributed by atoms with Crippen LogP contribution in [0, 0.1) is 0 Å². The molecule has 2 aliphatic heterocycles. The first-order chi connectivity index (χ1) is 18.7. The van der Waals surface area contributed by atoms with Gasteiger partial charge in [0, 0.05) is 31.8 Å². The van der Waals surface area contributed by atoms with Crippen LogP contribution in [0.5, 0.6) is 0 Å². The van der Waals surface area contributed by atoms with Crippen molar-refractivity contribution in [1.82, 2.24) is 14.7 Å². The minimum absolute atomic E-state index is 0.0921. The summed E-state index contributed by atoms with van der Waals surface area (Å²) in [6.07, 6.45) is 26.0. The van der Waals surface area contributed by atoms with Crippen molar-refractivity contribution >= 4 is 11.9 Å². The van der Waals surface area contributed by atoms with Crippen LogP contribution in [0.25, 0.3) is 0 Å². The Labute approximate surface area is 236 Å². The molecular formula is C34H44N4O.